The number of hydrogen-bond donors (Lipinski definition) is 1. The summed E-state index contributed by atoms with van der Waals surface area (Å²) < 4.78 is 6.41. The fourth-order valence-corrected chi connectivity index (χ4v) is 1.76. The smallest absolute Gasteiger partial charge is 0.328 e. The zero-order valence-corrected chi connectivity index (χ0v) is 11.3. The molecule has 5 nitrogen and oxygen atoms in total. The maximum absolute atomic E-state index is 12.0. The third kappa shape index (κ3) is 3.61. The van der Waals surface area contributed by atoms with Gasteiger partial charge in [-0.05, 0) is 24.5 Å². The molecule has 1 aromatic rings. The molecular formula is C13H20N2O3. The SMILES string of the molecule is COC(=O)C(CC(C)C)NC(=O)c1cccn1C. The molecule has 1 amide bonds. The molecule has 1 rings (SSSR count). The van der Waals surface area contributed by atoms with Crippen LogP contribution in [0.3, 0.4) is 0 Å². The largest absolute Gasteiger partial charge is 0.467 e. The number of ether oxygens (including phenoxy) is 1. The molecule has 1 heterocycles. The highest BCUT2D eigenvalue weighted by Crippen LogP contribution is 2.08. The second-order valence-electron chi connectivity index (χ2n) is 4.68. The molecule has 0 saturated heterocycles. The minimum Gasteiger partial charge on any atom is -0.467 e. The molecule has 18 heavy (non-hydrogen) atoms. The Morgan fingerprint density at radius 1 is 1.44 bits per heavy atom. The van der Waals surface area contributed by atoms with E-state index in [0.717, 1.165) is 0 Å². The Balaban J connectivity index is 2.74. The first-order valence-electron chi connectivity index (χ1n) is 5.95. The predicted molar refractivity (Wildman–Crippen MR) is 68.1 cm³/mol. The third-order valence-corrected chi connectivity index (χ3v) is 2.67. The lowest BCUT2D eigenvalue weighted by molar-refractivity contribution is -0.143. The highest BCUT2D eigenvalue weighted by Gasteiger charge is 2.23. The topological polar surface area (TPSA) is 60.3 Å². The van der Waals surface area contributed by atoms with Crippen LogP contribution >= 0.6 is 0 Å². The first-order chi connectivity index (χ1) is 8.45. The van der Waals surface area contributed by atoms with Crippen LogP contribution in [0.25, 0.3) is 0 Å². The van der Waals surface area contributed by atoms with E-state index < -0.39 is 12.0 Å². The van der Waals surface area contributed by atoms with Gasteiger partial charge in [-0.25, -0.2) is 4.79 Å². The summed E-state index contributed by atoms with van der Waals surface area (Å²) in [6.07, 6.45) is 2.34. The van der Waals surface area contributed by atoms with E-state index in [1.807, 2.05) is 13.8 Å². The van der Waals surface area contributed by atoms with E-state index in [2.05, 4.69) is 5.32 Å². The Labute approximate surface area is 107 Å². The zero-order valence-electron chi connectivity index (χ0n) is 11.3. The van der Waals surface area contributed by atoms with E-state index in [9.17, 15) is 9.59 Å². The molecule has 0 radical (unpaired) electrons. The molecule has 1 unspecified atom stereocenters. The van der Waals surface area contributed by atoms with Crippen LogP contribution in [0, 0.1) is 5.92 Å². The number of aryl methyl sites for hydroxylation is 1. The minimum absolute atomic E-state index is 0.265. The lowest BCUT2D eigenvalue weighted by Crippen LogP contribution is -2.42. The summed E-state index contributed by atoms with van der Waals surface area (Å²) in [5.74, 6) is -0.382. The van der Waals surface area contributed by atoms with E-state index in [4.69, 9.17) is 4.74 Å². The van der Waals surface area contributed by atoms with Gasteiger partial charge in [0.1, 0.15) is 11.7 Å². The highest BCUT2D eigenvalue weighted by molar-refractivity contribution is 5.95. The maximum atomic E-state index is 12.0. The quantitative estimate of drug-likeness (QED) is 0.804. The number of rotatable bonds is 5. The van der Waals surface area contributed by atoms with Crippen molar-refractivity contribution in [3.05, 3.63) is 24.0 Å². The second-order valence-corrected chi connectivity index (χ2v) is 4.68. The van der Waals surface area contributed by atoms with Gasteiger partial charge in [0.25, 0.3) is 5.91 Å². The summed E-state index contributed by atoms with van der Waals surface area (Å²) in [7, 11) is 3.11. The minimum atomic E-state index is -0.600. The predicted octanol–water partition coefficient (Wildman–Crippen LogP) is 1.34. The first-order valence-corrected chi connectivity index (χ1v) is 5.95. The van der Waals surface area contributed by atoms with Gasteiger partial charge in [-0.3, -0.25) is 4.79 Å². The van der Waals surface area contributed by atoms with Crippen molar-refractivity contribution in [2.24, 2.45) is 13.0 Å². The number of esters is 1. The Morgan fingerprint density at radius 3 is 2.56 bits per heavy atom. The van der Waals surface area contributed by atoms with E-state index in [0.29, 0.717) is 18.0 Å². The molecule has 0 fully saturated rings. The van der Waals surface area contributed by atoms with Crippen molar-refractivity contribution in [2.75, 3.05) is 7.11 Å². The van der Waals surface area contributed by atoms with Gasteiger partial charge in [-0.2, -0.15) is 0 Å². The molecule has 0 spiro atoms. The molecule has 0 aromatic carbocycles. The molecular weight excluding hydrogens is 232 g/mol. The summed E-state index contributed by atoms with van der Waals surface area (Å²) in [5, 5.41) is 2.71. The standard InChI is InChI=1S/C13H20N2O3/c1-9(2)8-10(13(17)18-4)14-12(16)11-6-5-7-15(11)3/h5-7,9-10H,8H2,1-4H3,(H,14,16). The summed E-state index contributed by atoms with van der Waals surface area (Å²) >= 11 is 0. The van der Waals surface area contributed by atoms with Gasteiger partial charge in [0, 0.05) is 13.2 Å². The number of nitrogens with one attached hydrogen (secondary N) is 1. The van der Waals surface area contributed by atoms with Crippen molar-refractivity contribution in [3.8, 4) is 0 Å². The van der Waals surface area contributed by atoms with Crippen LogP contribution in [0.1, 0.15) is 30.8 Å². The molecule has 0 aliphatic heterocycles. The van der Waals surface area contributed by atoms with Crippen molar-refractivity contribution in [1.29, 1.82) is 0 Å². The Bertz CT molecular complexity index is 424. The fraction of sp³-hybridized carbons (Fsp3) is 0.538. The molecule has 1 N–H and O–H groups in total. The van der Waals surface area contributed by atoms with Crippen molar-refractivity contribution in [1.82, 2.24) is 9.88 Å². The number of carbonyl (C=O) groups excluding carboxylic acids is 2. The van der Waals surface area contributed by atoms with Crippen LogP contribution in [0.4, 0.5) is 0 Å². The highest BCUT2D eigenvalue weighted by atomic mass is 16.5. The molecule has 5 heteroatoms. The van der Waals surface area contributed by atoms with Crippen LogP contribution in [-0.2, 0) is 16.6 Å². The van der Waals surface area contributed by atoms with Crippen LogP contribution in [0.2, 0.25) is 0 Å². The van der Waals surface area contributed by atoms with Crippen molar-refractivity contribution >= 4 is 11.9 Å². The molecule has 0 bridgehead atoms. The van der Waals surface area contributed by atoms with Gasteiger partial charge in [0.2, 0.25) is 0 Å². The van der Waals surface area contributed by atoms with E-state index >= 15 is 0 Å². The third-order valence-electron chi connectivity index (χ3n) is 2.67. The Hall–Kier alpha value is -1.78. The molecule has 1 atom stereocenters. The van der Waals surface area contributed by atoms with Gasteiger partial charge in [-0.1, -0.05) is 13.8 Å². The summed E-state index contributed by atoms with van der Waals surface area (Å²) in [6.45, 7) is 3.98. The van der Waals surface area contributed by atoms with E-state index in [-0.39, 0.29) is 5.91 Å². The molecule has 100 valence electrons. The number of hydrogen-bond acceptors (Lipinski definition) is 3. The van der Waals surface area contributed by atoms with Crippen LogP contribution in [0.15, 0.2) is 18.3 Å². The lowest BCUT2D eigenvalue weighted by Gasteiger charge is -2.18. The number of amides is 1. The van der Waals surface area contributed by atoms with E-state index in [1.165, 1.54) is 7.11 Å². The van der Waals surface area contributed by atoms with Gasteiger partial charge in [0.15, 0.2) is 0 Å². The number of nitrogens with zero attached hydrogens (tertiary/aromatic N) is 1. The number of aromatic nitrogens is 1. The number of carbonyl (C=O) groups is 2. The Kier molecular flexibility index (Phi) is 4.95. The Morgan fingerprint density at radius 2 is 2.11 bits per heavy atom. The van der Waals surface area contributed by atoms with E-state index in [1.54, 1.807) is 29.9 Å². The normalized spacial score (nSPS) is 12.3. The monoisotopic (exact) mass is 252 g/mol. The summed E-state index contributed by atoms with van der Waals surface area (Å²) in [6, 6.07) is 2.89. The van der Waals surface area contributed by atoms with Gasteiger partial charge >= 0.3 is 5.97 Å². The lowest BCUT2D eigenvalue weighted by atomic mass is 10.0. The van der Waals surface area contributed by atoms with Crippen LogP contribution in [-0.4, -0.2) is 29.6 Å². The average Bonchev–Trinajstić information content (AvgIpc) is 2.73. The van der Waals surface area contributed by atoms with Crippen molar-refractivity contribution < 1.29 is 14.3 Å². The zero-order chi connectivity index (χ0) is 13.7. The van der Waals surface area contributed by atoms with Crippen LogP contribution in [0.5, 0.6) is 0 Å². The van der Waals surface area contributed by atoms with Gasteiger partial charge in [-0.15, -0.1) is 0 Å². The van der Waals surface area contributed by atoms with Gasteiger partial charge in [0.05, 0.1) is 7.11 Å². The summed E-state index contributed by atoms with van der Waals surface area (Å²) in [4.78, 5) is 23.6. The molecule has 1 aromatic heterocycles. The molecule has 0 saturated carbocycles. The van der Waals surface area contributed by atoms with Crippen LogP contribution < -0.4 is 5.32 Å². The van der Waals surface area contributed by atoms with Crippen molar-refractivity contribution in [2.45, 2.75) is 26.3 Å². The fourth-order valence-electron chi connectivity index (χ4n) is 1.76. The van der Waals surface area contributed by atoms with Crippen molar-refractivity contribution in [3.63, 3.8) is 0 Å². The van der Waals surface area contributed by atoms with Gasteiger partial charge < -0.3 is 14.6 Å². The number of methoxy groups -OCH3 is 1. The molecule has 0 aliphatic rings. The first kappa shape index (κ1) is 14.3. The maximum Gasteiger partial charge on any atom is 0.328 e. The second kappa shape index (κ2) is 6.23. The average molecular weight is 252 g/mol. The summed E-state index contributed by atoms with van der Waals surface area (Å²) in [5.41, 5.74) is 0.521. The molecule has 0 aliphatic carbocycles.